The van der Waals surface area contributed by atoms with Crippen molar-refractivity contribution in [1.82, 2.24) is 9.97 Å². The van der Waals surface area contributed by atoms with Gasteiger partial charge < -0.3 is 0 Å². The normalized spacial score (nSPS) is 12.2. The molecule has 0 saturated carbocycles. The van der Waals surface area contributed by atoms with Crippen LogP contribution in [0.1, 0.15) is 19.5 Å². The van der Waals surface area contributed by atoms with Crippen molar-refractivity contribution in [2.75, 3.05) is 0 Å². The van der Waals surface area contributed by atoms with Crippen molar-refractivity contribution < 1.29 is 0 Å². The van der Waals surface area contributed by atoms with Gasteiger partial charge in [0.05, 0.1) is 11.2 Å². The van der Waals surface area contributed by atoms with Crippen LogP contribution < -0.4 is 0 Å². The molecule has 108 valence electrons. The fraction of sp³-hybridized carbons (Fsp3) is 0.100. The SMILES string of the molecule is C/C=C\C(=C/C)c1nc(-c2ccccc2)nc2ccccc12. The molecule has 0 spiro atoms. The monoisotopic (exact) mass is 286 g/mol. The first kappa shape index (κ1) is 14.2. The third-order valence-corrected chi connectivity index (χ3v) is 3.57. The Kier molecular flexibility index (Phi) is 4.10. The number of hydrogen-bond donors (Lipinski definition) is 0. The van der Waals surface area contributed by atoms with Crippen molar-refractivity contribution >= 4 is 16.5 Å². The predicted octanol–water partition coefficient (Wildman–Crippen LogP) is 5.28. The summed E-state index contributed by atoms with van der Waals surface area (Å²) in [5.41, 5.74) is 4.09. The van der Waals surface area contributed by atoms with Crippen molar-refractivity contribution in [2.45, 2.75) is 13.8 Å². The van der Waals surface area contributed by atoms with Crippen molar-refractivity contribution in [3.63, 3.8) is 0 Å². The second-order valence-electron chi connectivity index (χ2n) is 5.02. The molecule has 0 fully saturated rings. The standard InChI is InChI=1S/C20H18N2/c1-3-10-15(4-2)19-17-13-8-9-14-18(17)21-20(22-19)16-11-6-5-7-12-16/h3-14H,1-2H3/b10-3-,15-4+. The summed E-state index contributed by atoms with van der Waals surface area (Å²) in [5.74, 6) is 0.762. The van der Waals surface area contributed by atoms with Crippen LogP contribution in [-0.4, -0.2) is 9.97 Å². The average Bonchev–Trinajstić information content (AvgIpc) is 2.59. The molecule has 2 heteroatoms. The number of hydrogen-bond acceptors (Lipinski definition) is 2. The highest BCUT2D eigenvalue weighted by Crippen LogP contribution is 2.26. The fourth-order valence-corrected chi connectivity index (χ4v) is 2.50. The third-order valence-electron chi connectivity index (χ3n) is 3.57. The van der Waals surface area contributed by atoms with Gasteiger partial charge in [-0.1, -0.05) is 66.8 Å². The average molecular weight is 286 g/mol. The molecule has 0 aliphatic heterocycles. The molecule has 0 atom stereocenters. The molecule has 22 heavy (non-hydrogen) atoms. The Balaban J connectivity index is 2.30. The molecule has 0 N–H and O–H groups in total. The molecule has 2 aromatic carbocycles. The molecule has 0 amide bonds. The summed E-state index contributed by atoms with van der Waals surface area (Å²) in [6.45, 7) is 4.05. The number of para-hydroxylation sites is 1. The largest absolute Gasteiger partial charge is 0.228 e. The Labute approximate surface area is 130 Å². The summed E-state index contributed by atoms with van der Waals surface area (Å²) in [6.07, 6.45) is 6.21. The molecule has 0 aliphatic rings. The molecule has 3 aromatic rings. The van der Waals surface area contributed by atoms with Gasteiger partial charge in [-0.15, -0.1) is 0 Å². The second-order valence-corrected chi connectivity index (χ2v) is 5.02. The van der Waals surface area contributed by atoms with E-state index >= 15 is 0 Å². The highest BCUT2D eigenvalue weighted by atomic mass is 14.9. The van der Waals surface area contributed by atoms with Crippen LogP contribution in [0.3, 0.4) is 0 Å². The quantitative estimate of drug-likeness (QED) is 0.612. The Morgan fingerprint density at radius 1 is 0.864 bits per heavy atom. The van der Waals surface area contributed by atoms with E-state index in [1.54, 1.807) is 0 Å². The van der Waals surface area contributed by atoms with Crippen LogP contribution in [-0.2, 0) is 0 Å². The molecule has 0 aliphatic carbocycles. The summed E-state index contributed by atoms with van der Waals surface area (Å²) >= 11 is 0. The zero-order valence-electron chi connectivity index (χ0n) is 12.8. The molecule has 1 heterocycles. The van der Waals surface area contributed by atoms with E-state index in [0.29, 0.717) is 0 Å². The number of aromatic nitrogens is 2. The van der Waals surface area contributed by atoms with Gasteiger partial charge in [0.15, 0.2) is 5.82 Å². The lowest BCUT2D eigenvalue weighted by atomic mass is 10.1. The zero-order chi connectivity index (χ0) is 15.4. The Morgan fingerprint density at radius 2 is 1.59 bits per heavy atom. The van der Waals surface area contributed by atoms with Gasteiger partial charge in [0.1, 0.15) is 0 Å². The van der Waals surface area contributed by atoms with E-state index in [0.717, 1.165) is 33.6 Å². The Bertz CT molecular complexity index is 846. The molecule has 0 bridgehead atoms. The Hall–Kier alpha value is -2.74. The topological polar surface area (TPSA) is 25.8 Å². The fourth-order valence-electron chi connectivity index (χ4n) is 2.50. The van der Waals surface area contributed by atoms with Crippen LogP contribution >= 0.6 is 0 Å². The van der Waals surface area contributed by atoms with Crippen LogP contribution in [0.15, 0.2) is 72.8 Å². The first-order valence-electron chi connectivity index (χ1n) is 7.45. The predicted molar refractivity (Wildman–Crippen MR) is 93.4 cm³/mol. The smallest absolute Gasteiger partial charge is 0.160 e. The van der Waals surface area contributed by atoms with Gasteiger partial charge in [0.25, 0.3) is 0 Å². The van der Waals surface area contributed by atoms with Crippen LogP contribution in [0.4, 0.5) is 0 Å². The summed E-state index contributed by atoms with van der Waals surface area (Å²) in [4.78, 5) is 9.55. The molecule has 0 radical (unpaired) electrons. The lowest BCUT2D eigenvalue weighted by Gasteiger charge is -2.09. The molecule has 2 nitrogen and oxygen atoms in total. The molecular weight excluding hydrogens is 268 g/mol. The van der Waals surface area contributed by atoms with Crippen molar-refractivity contribution in [2.24, 2.45) is 0 Å². The number of nitrogens with zero attached hydrogens (tertiary/aromatic N) is 2. The number of fused-ring (bicyclic) bond motifs is 1. The Morgan fingerprint density at radius 3 is 2.32 bits per heavy atom. The lowest BCUT2D eigenvalue weighted by molar-refractivity contribution is 1.20. The maximum Gasteiger partial charge on any atom is 0.160 e. The maximum absolute atomic E-state index is 4.83. The summed E-state index contributed by atoms with van der Waals surface area (Å²) < 4.78 is 0. The van der Waals surface area contributed by atoms with E-state index in [1.807, 2.05) is 68.5 Å². The third kappa shape index (κ3) is 2.68. The number of rotatable bonds is 3. The van der Waals surface area contributed by atoms with E-state index in [9.17, 15) is 0 Å². The lowest BCUT2D eigenvalue weighted by Crippen LogP contribution is -1.97. The van der Waals surface area contributed by atoms with E-state index in [2.05, 4.69) is 18.2 Å². The van der Waals surface area contributed by atoms with Gasteiger partial charge in [0, 0.05) is 10.9 Å². The van der Waals surface area contributed by atoms with E-state index in [-0.39, 0.29) is 0 Å². The van der Waals surface area contributed by atoms with Gasteiger partial charge >= 0.3 is 0 Å². The molecule has 0 unspecified atom stereocenters. The summed E-state index contributed by atoms with van der Waals surface area (Å²) in [6, 6.07) is 18.3. The van der Waals surface area contributed by atoms with Gasteiger partial charge in [-0.2, -0.15) is 0 Å². The second kappa shape index (κ2) is 6.35. The van der Waals surface area contributed by atoms with E-state index in [1.165, 1.54) is 0 Å². The first-order valence-corrected chi connectivity index (χ1v) is 7.45. The van der Waals surface area contributed by atoms with Gasteiger partial charge in [0.2, 0.25) is 0 Å². The van der Waals surface area contributed by atoms with Gasteiger partial charge in [-0.25, -0.2) is 9.97 Å². The van der Waals surface area contributed by atoms with Crippen molar-refractivity contribution in [1.29, 1.82) is 0 Å². The highest BCUT2D eigenvalue weighted by molar-refractivity contribution is 5.93. The molecular formula is C20H18N2. The number of allylic oxidation sites excluding steroid dienone is 4. The zero-order valence-corrected chi connectivity index (χ0v) is 12.8. The number of benzene rings is 2. The highest BCUT2D eigenvalue weighted by Gasteiger charge is 2.10. The maximum atomic E-state index is 4.83. The minimum atomic E-state index is 0.762. The first-order chi connectivity index (χ1) is 10.8. The van der Waals surface area contributed by atoms with Crippen molar-refractivity contribution in [3.05, 3.63) is 78.5 Å². The van der Waals surface area contributed by atoms with Gasteiger partial charge in [-0.05, 0) is 25.5 Å². The van der Waals surface area contributed by atoms with Crippen LogP contribution in [0.25, 0.3) is 27.9 Å². The van der Waals surface area contributed by atoms with Gasteiger partial charge in [-0.3, -0.25) is 0 Å². The minimum Gasteiger partial charge on any atom is -0.228 e. The minimum absolute atomic E-state index is 0.762. The molecule has 1 aromatic heterocycles. The van der Waals surface area contributed by atoms with Crippen molar-refractivity contribution in [3.8, 4) is 11.4 Å². The van der Waals surface area contributed by atoms with Crippen LogP contribution in [0, 0.1) is 0 Å². The molecule has 3 rings (SSSR count). The van der Waals surface area contributed by atoms with Crippen LogP contribution in [0.5, 0.6) is 0 Å². The summed E-state index contributed by atoms with van der Waals surface area (Å²) in [5, 5.41) is 1.08. The van der Waals surface area contributed by atoms with Crippen LogP contribution in [0.2, 0.25) is 0 Å². The van der Waals surface area contributed by atoms with E-state index in [4.69, 9.17) is 9.97 Å². The van der Waals surface area contributed by atoms with E-state index < -0.39 is 0 Å². The molecule has 0 saturated heterocycles. The summed E-state index contributed by atoms with van der Waals surface area (Å²) in [7, 11) is 0.